The van der Waals surface area contributed by atoms with Gasteiger partial charge in [0.1, 0.15) is 0 Å². The van der Waals surface area contributed by atoms with Gasteiger partial charge in [0.2, 0.25) is 10.0 Å². The molecule has 0 aliphatic heterocycles. The van der Waals surface area contributed by atoms with E-state index in [2.05, 4.69) is 4.72 Å². The third kappa shape index (κ3) is 5.04. The van der Waals surface area contributed by atoms with E-state index < -0.39 is 14.9 Å². The molecule has 8 heteroatoms. The van der Waals surface area contributed by atoms with Crippen molar-refractivity contribution in [1.82, 2.24) is 0 Å². The molecule has 0 aliphatic carbocycles. The van der Waals surface area contributed by atoms with Crippen molar-refractivity contribution in [3.8, 4) is 0 Å². The number of nitro groups is 1. The molecule has 0 fully saturated rings. The lowest BCUT2D eigenvalue weighted by atomic mass is 10.2. The number of hydrogen-bond donors (Lipinski definition) is 1. The molecule has 0 unspecified atom stereocenters. The first kappa shape index (κ1) is 15.7. The van der Waals surface area contributed by atoms with Crippen LogP contribution in [-0.4, -0.2) is 25.0 Å². The van der Waals surface area contributed by atoms with Crippen molar-refractivity contribution in [3.05, 3.63) is 33.9 Å². The molecular weight excluding hydrogens is 292 g/mol. The maximum absolute atomic E-state index is 11.8. The molecule has 1 aromatic rings. The zero-order chi connectivity index (χ0) is 14.5. The van der Waals surface area contributed by atoms with Gasteiger partial charge in [-0.1, -0.05) is 6.07 Å². The van der Waals surface area contributed by atoms with E-state index >= 15 is 0 Å². The molecule has 0 amide bonds. The molecule has 1 N–H and O–H groups in total. The summed E-state index contributed by atoms with van der Waals surface area (Å²) in [4.78, 5) is 10.1. The highest BCUT2D eigenvalue weighted by Crippen LogP contribution is 2.23. The number of hydrogen-bond acceptors (Lipinski definition) is 4. The van der Waals surface area contributed by atoms with E-state index in [0.717, 1.165) is 0 Å². The number of unbranched alkanes of at least 4 members (excludes halogenated alkanes) is 1. The van der Waals surface area contributed by atoms with Gasteiger partial charge in [-0.05, 0) is 25.3 Å². The lowest BCUT2D eigenvalue weighted by Crippen LogP contribution is -2.17. The Kier molecular flexibility index (Phi) is 5.56. The minimum Gasteiger partial charge on any atom is -0.283 e. The molecule has 19 heavy (non-hydrogen) atoms. The van der Waals surface area contributed by atoms with Gasteiger partial charge in [0.15, 0.2) is 0 Å². The maximum Gasteiger partial charge on any atom is 0.271 e. The highest BCUT2D eigenvalue weighted by Gasteiger charge is 2.14. The average Bonchev–Trinajstić information content (AvgIpc) is 2.31. The van der Waals surface area contributed by atoms with Crippen LogP contribution in [0.15, 0.2) is 18.2 Å². The Labute approximate surface area is 117 Å². The summed E-state index contributed by atoms with van der Waals surface area (Å²) in [5.41, 5.74) is 0.718. The molecule has 0 aromatic heterocycles. The predicted octanol–water partition coefficient (Wildman–Crippen LogP) is 2.66. The van der Waals surface area contributed by atoms with Gasteiger partial charge >= 0.3 is 0 Å². The summed E-state index contributed by atoms with van der Waals surface area (Å²) in [5.74, 6) is 0.354. The highest BCUT2D eigenvalue weighted by atomic mass is 35.5. The van der Waals surface area contributed by atoms with Gasteiger partial charge in [-0.25, -0.2) is 8.42 Å². The quantitative estimate of drug-likeness (QED) is 0.363. The summed E-state index contributed by atoms with van der Waals surface area (Å²) in [6.07, 6.45) is 1.06. The molecule has 0 heterocycles. The van der Waals surface area contributed by atoms with Crippen LogP contribution < -0.4 is 4.72 Å². The third-order valence-electron chi connectivity index (χ3n) is 2.49. The Balaban J connectivity index is 2.86. The summed E-state index contributed by atoms with van der Waals surface area (Å²) < 4.78 is 25.9. The van der Waals surface area contributed by atoms with Crippen LogP contribution in [0.25, 0.3) is 0 Å². The minimum atomic E-state index is -3.50. The summed E-state index contributed by atoms with van der Waals surface area (Å²) in [7, 11) is -3.50. The number of alkyl halides is 1. The highest BCUT2D eigenvalue weighted by molar-refractivity contribution is 7.92. The fourth-order valence-corrected chi connectivity index (χ4v) is 2.87. The van der Waals surface area contributed by atoms with Crippen molar-refractivity contribution >= 4 is 33.0 Å². The molecule has 0 aliphatic rings. The number of benzene rings is 1. The van der Waals surface area contributed by atoms with Crippen molar-refractivity contribution in [2.45, 2.75) is 19.8 Å². The van der Waals surface area contributed by atoms with Crippen LogP contribution in [-0.2, 0) is 10.0 Å². The molecule has 1 aromatic carbocycles. The van der Waals surface area contributed by atoms with Crippen LogP contribution in [0.2, 0.25) is 0 Å². The van der Waals surface area contributed by atoms with Gasteiger partial charge in [-0.3, -0.25) is 14.8 Å². The number of nitrogens with one attached hydrogen (secondary N) is 1. The van der Waals surface area contributed by atoms with Crippen LogP contribution in [0.5, 0.6) is 0 Å². The largest absolute Gasteiger partial charge is 0.283 e. The second-order valence-corrected chi connectivity index (χ2v) is 6.29. The van der Waals surface area contributed by atoms with Crippen molar-refractivity contribution in [2.24, 2.45) is 0 Å². The predicted molar refractivity (Wildman–Crippen MR) is 75.2 cm³/mol. The zero-order valence-corrected chi connectivity index (χ0v) is 12.0. The first-order valence-corrected chi connectivity index (χ1v) is 7.86. The topological polar surface area (TPSA) is 89.3 Å². The standard InChI is InChI=1S/C11H15ClN2O4S/c1-9-4-5-10(14(15)16)8-11(9)13-19(17,18)7-3-2-6-12/h4-5,8,13H,2-3,6-7H2,1H3. The van der Waals surface area contributed by atoms with Crippen LogP contribution in [0, 0.1) is 17.0 Å². The normalized spacial score (nSPS) is 11.3. The third-order valence-corrected chi connectivity index (χ3v) is 4.12. The number of anilines is 1. The van der Waals surface area contributed by atoms with E-state index in [1.807, 2.05) is 0 Å². The van der Waals surface area contributed by atoms with E-state index in [4.69, 9.17) is 11.6 Å². The number of non-ortho nitro benzene ring substituents is 1. The SMILES string of the molecule is Cc1ccc([N+](=O)[O-])cc1NS(=O)(=O)CCCCCl. The van der Waals surface area contributed by atoms with Crippen molar-refractivity contribution in [3.63, 3.8) is 0 Å². The Morgan fingerprint density at radius 3 is 2.63 bits per heavy atom. The maximum atomic E-state index is 11.8. The van der Waals surface area contributed by atoms with Crippen molar-refractivity contribution < 1.29 is 13.3 Å². The average molecular weight is 307 g/mol. The lowest BCUT2D eigenvalue weighted by Gasteiger charge is -2.10. The van der Waals surface area contributed by atoms with E-state index in [-0.39, 0.29) is 17.1 Å². The molecule has 0 saturated carbocycles. The first-order chi connectivity index (χ1) is 8.85. The molecule has 0 bridgehead atoms. The van der Waals surface area contributed by atoms with E-state index in [0.29, 0.717) is 24.3 Å². The molecule has 1 rings (SSSR count). The minimum absolute atomic E-state index is 0.0537. The van der Waals surface area contributed by atoms with Crippen LogP contribution in [0.1, 0.15) is 18.4 Å². The van der Waals surface area contributed by atoms with Crippen molar-refractivity contribution in [2.75, 3.05) is 16.4 Å². The monoisotopic (exact) mass is 306 g/mol. The molecular formula is C11H15ClN2O4S. The van der Waals surface area contributed by atoms with Gasteiger partial charge in [0.25, 0.3) is 5.69 Å². The molecule has 0 saturated heterocycles. The van der Waals surface area contributed by atoms with E-state index in [9.17, 15) is 18.5 Å². The van der Waals surface area contributed by atoms with Gasteiger partial charge in [0.05, 0.1) is 16.4 Å². The number of nitrogens with zero attached hydrogens (tertiary/aromatic N) is 1. The fraction of sp³-hybridized carbons (Fsp3) is 0.455. The Bertz CT molecular complexity index is 560. The molecule has 6 nitrogen and oxygen atoms in total. The van der Waals surface area contributed by atoms with Crippen LogP contribution in [0.3, 0.4) is 0 Å². The van der Waals surface area contributed by atoms with Crippen molar-refractivity contribution in [1.29, 1.82) is 0 Å². The summed E-state index contributed by atoms with van der Waals surface area (Å²) >= 11 is 5.48. The number of nitro benzene ring substituents is 1. The van der Waals surface area contributed by atoms with Crippen LogP contribution >= 0.6 is 11.6 Å². The van der Waals surface area contributed by atoms with Gasteiger partial charge in [-0.15, -0.1) is 11.6 Å². The Morgan fingerprint density at radius 2 is 2.05 bits per heavy atom. The summed E-state index contributed by atoms with van der Waals surface area (Å²) in [5, 5.41) is 10.7. The fourth-order valence-electron chi connectivity index (χ4n) is 1.44. The lowest BCUT2D eigenvalue weighted by molar-refractivity contribution is -0.384. The number of sulfonamides is 1. The molecule has 0 atom stereocenters. The van der Waals surface area contributed by atoms with Gasteiger partial charge in [0, 0.05) is 18.0 Å². The molecule has 0 spiro atoms. The smallest absolute Gasteiger partial charge is 0.271 e. The van der Waals surface area contributed by atoms with Gasteiger partial charge < -0.3 is 0 Å². The zero-order valence-electron chi connectivity index (χ0n) is 10.4. The van der Waals surface area contributed by atoms with E-state index in [1.165, 1.54) is 18.2 Å². The van der Waals surface area contributed by atoms with Gasteiger partial charge in [-0.2, -0.15) is 0 Å². The first-order valence-electron chi connectivity index (χ1n) is 5.67. The molecule has 0 radical (unpaired) electrons. The number of rotatable bonds is 7. The number of halogens is 1. The Morgan fingerprint density at radius 1 is 1.37 bits per heavy atom. The number of aryl methyl sites for hydroxylation is 1. The summed E-state index contributed by atoms with van der Waals surface area (Å²) in [6.45, 7) is 1.68. The second-order valence-electron chi connectivity index (χ2n) is 4.07. The summed E-state index contributed by atoms with van der Waals surface area (Å²) in [6, 6.07) is 4.06. The van der Waals surface area contributed by atoms with Crippen LogP contribution in [0.4, 0.5) is 11.4 Å². The van der Waals surface area contributed by atoms with E-state index in [1.54, 1.807) is 6.92 Å². The second kappa shape index (κ2) is 6.72. The molecule has 106 valence electrons. The Hall–Kier alpha value is -1.34.